The van der Waals surface area contributed by atoms with Gasteiger partial charge in [0.05, 0.1) is 0 Å². The van der Waals surface area contributed by atoms with E-state index in [1.807, 2.05) is 12.1 Å². The Labute approximate surface area is 110 Å². The van der Waals surface area contributed by atoms with Crippen molar-refractivity contribution in [2.45, 2.75) is 51.0 Å². The average Bonchev–Trinajstić information content (AvgIpc) is 2.29. The number of benzene rings is 1. The standard InChI is InChI=1S/C15H22ClN/c1-2-3-4-12-17-15(10-5-11-15)13-6-8-14(16)9-7-13/h6-9,17H,2-5,10-12H2,1H3. The molecule has 17 heavy (non-hydrogen) atoms. The third-order valence-electron chi connectivity index (χ3n) is 3.85. The second-order valence-electron chi connectivity index (χ2n) is 5.08. The molecular weight excluding hydrogens is 230 g/mol. The maximum absolute atomic E-state index is 5.95. The first kappa shape index (κ1) is 12.9. The minimum atomic E-state index is 0.248. The van der Waals surface area contributed by atoms with Gasteiger partial charge in [0, 0.05) is 10.6 Å². The monoisotopic (exact) mass is 251 g/mol. The molecule has 2 rings (SSSR count). The molecule has 0 radical (unpaired) electrons. The average molecular weight is 252 g/mol. The van der Waals surface area contributed by atoms with Gasteiger partial charge in [-0.05, 0) is 49.9 Å². The van der Waals surface area contributed by atoms with E-state index in [-0.39, 0.29) is 5.54 Å². The molecule has 0 saturated heterocycles. The van der Waals surface area contributed by atoms with Crippen molar-refractivity contribution in [1.82, 2.24) is 5.32 Å². The molecule has 1 nitrogen and oxygen atoms in total. The van der Waals surface area contributed by atoms with Crippen LogP contribution in [0.15, 0.2) is 24.3 Å². The Hall–Kier alpha value is -0.530. The summed E-state index contributed by atoms with van der Waals surface area (Å²) in [4.78, 5) is 0. The van der Waals surface area contributed by atoms with Gasteiger partial charge >= 0.3 is 0 Å². The Balaban J connectivity index is 1.96. The second-order valence-corrected chi connectivity index (χ2v) is 5.51. The quantitative estimate of drug-likeness (QED) is 0.734. The van der Waals surface area contributed by atoms with Gasteiger partial charge in [-0.25, -0.2) is 0 Å². The van der Waals surface area contributed by atoms with Crippen molar-refractivity contribution < 1.29 is 0 Å². The molecule has 1 aliphatic carbocycles. The van der Waals surface area contributed by atoms with E-state index >= 15 is 0 Å². The highest BCUT2D eigenvalue weighted by Gasteiger charge is 2.37. The molecule has 0 amide bonds. The van der Waals surface area contributed by atoms with Gasteiger partial charge in [-0.15, -0.1) is 0 Å². The van der Waals surface area contributed by atoms with Crippen molar-refractivity contribution in [1.29, 1.82) is 0 Å². The molecule has 1 N–H and O–H groups in total. The van der Waals surface area contributed by atoms with Crippen LogP contribution in [-0.2, 0) is 5.54 Å². The minimum Gasteiger partial charge on any atom is -0.307 e. The SMILES string of the molecule is CCCCCNC1(c2ccc(Cl)cc2)CCC1. The van der Waals surface area contributed by atoms with Crippen LogP contribution < -0.4 is 5.32 Å². The molecule has 0 spiro atoms. The van der Waals surface area contributed by atoms with Crippen LogP contribution in [-0.4, -0.2) is 6.54 Å². The molecule has 1 aromatic rings. The van der Waals surface area contributed by atoms with Crippen LogP contribution in [0.5, 0.6) is 0 Å². The van der Waals surface area contributed by atoms with Gasteiger partial charge in [-0.1, -0.05) is 43.5 Å². The molecule has 0 atom stereocenters. The maximum Gasteiger partial charge on any atom is 0.0434 e. The third kappa shape index (κ3) is 3.02. The molecular formula is C15H22ClN. The summed E-state index contributed by atoms with van der Waals surface area (Å²) in [6.07, 6.45) is 7.76. The Morgan fingerprint density at radius 2 is 1.88 bits per heavy atom. The number of hydrogen-bond acceptors (Lipinski definition) is 1. The highest BCUT2D eigenvalue weighted by atomic mass is 35.5. The van der Waals surface area contributed by atoms with Gasteiger partial charge in [0.1, 0.15) is 0 Å². The fourth-order valence-electron chi connectivity index (χ4n) is 2.57. The number of hydrogen-bond donors (Lipinski definition) is 1. The molecule has 1 saturated carbocycles. The molecule has 94 valence electrons. The van der Waals surface area contributed by atoms with E-state index in [9.17, 15) is 0 Å². The number of nitrogens with one attached hydrogen (secondary N) is 1. The van der Waals surface area contributed by atoms with Crippen LogP contribution in [0, 0.1) is 0 Å². The first-order valence-corrected chi connectivity index (χ1v) is 7.16. The molecule has 1 aromatic carbocycles. The van der Waals surface area contributed by atoms with E-state index in [2.05, 4.69) is 24.4 Å². The summed E-state index contributed by atoms with van der Waals surface area (Å²) in [7, 11) is 0. The number of halogens is 1. The van der Waals surface area contributed by atoms with Crippen LogP contribution >= 0.6 is 11.6 Å². The highest BCUT2D eigenvalue weighted by Crippen LogP contribution is 2.41. The van der Waals surface area contributed by atoms with E-state index < -0.39 is 0 Å². The lowest BCUT2D eigenvalue weighted by Gasteiger charge is -2.43. The van der Waals surface area contributed by atoms with Crippen LogP contribution in [0.1, 0.15) is 51.0 Å². The summed E-state index contributed by atoms with van der Waals surface area (Å²) in [6, 6.07) is 8.36. The van der Waals surface area contributed by atoms with Crippen molar-refractivity contribution in [3.8, 4) is 0 Å². The van der Waals surface area contributed by atoms with Crippen molar-refractivity contribution in [2.75, 3.05) is 6.54 Å². The summed E-state index contributed by atoms with van der Waals surface area (Å²) >= 11 is 5.95. The van der Waals surface area contributed by atoms with Crippen molar-refractivity contribution in [3.63, 3.8) is 0 Å². The van der Waals surface area contributed by atoms with Crippen LogP contribution in [0.25, 0.3) is 0 Å². The fraction of sp³-hybridized carbons (Fsp3) is 0.600. The van der Waals surface area contributed by atoms with E-state index in [1.165, 1.54) is 44.1 Å². The Morgan fingerprint density at radius 1 is 1.18 bits per heavy atom. The predicted octanol–water partition coefficient (Wildman–Crippen LogP) is 4.50. The highest BCUT2D eigenvalue weighted by molar-refractivity contribution is 6.30. The molecule has 0 bridgehead atoms. The second kappa shape index (κ2) is 5.88. The molecule has 2 heteroatoms. The lowest BCUT2D eigenvalue weighted by Crippen LogP contribution is -2.48. The summed E-state index contributed by atoms with van der Waals surface area (Å²) in [5, 5.41) is 4.59. The lowest BCUT2D eigenvalue weighted by atomic mass is 9.72. The van der Waals surface area contributed by atoms with E-state index in [0.29, 0.717) is 0 Å². The first-order valence-electron chi connectivity index (χ1n) is 6.78. The van der Waals surface area contributed by atoms with E-state index in [4.69, 9.17) is 11.6 Å². The van der Waals surface area contributed by atoms with Gasteiger partial charge in [0.25, 0.3) is 0 Å². The Bertz CT molecular complexity index is 340. The molecule has 0 heterocycles. The summed E-state index contributed by atoms with van der Waals surface area (Å²) < 4.78 is 0. The van der Waals surface area contributed by atoms with E-state index in [0.717, 1.165) is 11.6 Å². The van der Waals surface area contributed by atoms with Crippen LogP contribution in [0.4, 0.5) is 0 Å². The molecule has 1 aliphatic rings. The zero-order valence-corrected chi connectivity index (χ0v) is 11.4. The largest absolute Gasteiger partial charge is 0.307 e. The first-order chi connectivity index (χ1) is 8.27. The van der Waals surface area contributed by atoms with Gasteiger partial charge in [0.2, 0.25) is 0 Å². The van der Waals surface area contributed by atoms with Crippen molar-refractivity contribution in [2.24, 2.45) is 0 Å². The van der Waals surface area contributed by atoms with Crippen LogP contribution in [0.3, 0.4) is 0 Å². The predicted molar refractivity (Wildman–Crippen MR) is 74.5 cm³/mol. The topological polar surface area (TPSA) is 12.0 Å². The van der Waals surface area contributed by atoms with Crippen molar-refractivity contribution >= 4 is 11.6 Å². The Kier molecular flexibility index (Phi) is 4.47. The summed E-state index contributed by atoms with van der Waals surface area (Å²) in [5.74, 6) is 0. The van der Waals surface area contributed by atoms with Gasteiger partial charge < -0.3 is 5.32 Å². The lowest BCUT2D eigenvalue weighted by molar-refractivity contribution is 0.185. The Morgan fingerprint density at radius 3 is 2.41 bits per heavy atom. The summed E-state index contributed by atoms with van der Waals surface area (Å²) in [6.45, 7) is 3.38. The van der Waals surface area contributed by atoms with Gasteiger partial charge in [-0.2, -0.15) is 0 Å². The normalized spacial score (nSPS) is 17.8. The van der Waals surface area contributed by atoms with Gasteiger partial charge in [0.15, 0.2) is 0 Å². The zero-order valence-electron chi connectivity index (χ0n) is 10.6. The third-order valence-corrected chi connectivity index (χ3v) is 4.10. The smallest absolute Gasteiger partial charge is 0.0434 e. The number of rotatable bonds is 6. The molecule has 0 unspecified atom stereocenters. The minimum absolute atomic E-state index is 0.248. The van der Waals surface area contributed by atoms with Crippen LogP contribution in [0.2, 0.25) is 5.02 Å². The maximum atomic E-state index is 5.95. The zero-order chi connectivity index (χ0) is 12.1. The molecule has 1 fully saturated rings. The summed E-state index contributed by atoms with van der Waals surface area (Å²) in [5.41, 5.74) is 1.66. The number of unbranched alkanes of at least 4 members (excludes halogenated alkanes) is 2. The van der Waals surface area contributed by atoms with E-state index in [1.54, 1.807) is 0 Å². The van der Waals surface area contributed by atoms with Gasteiger partial charge in [-0.3, -0.25) is 0 Å². The molecule has 0 aliphatic heterocycles. The molecule has 0 aromatic heterocycles. The fourth-order valence-corrected chi connectivity index (χ4v) is 2.70. The van der Waals surface area contributed by atoms with Crippen molar-refractivity contribution in [3.05, 3.63) is 34.9 Å².